The molecule has 0 rings (SSSR count). The Labute approximate surface area is 107 Å². The van der Waals surface area contributed by atoms with E-state index in [0.717, 1.165) is 0 Å². The average Bonchev–Trinajstić information content (AvgIpc) is 2.33. The minimum absolute atomic E-state index is 0.0452. The number of likely N-dealkylation sites (N-methyl/N-ethyl adjacent to an activating group) is 1. The number of nitrogens with two attached hydrogens (primary N) is 1. The van der Waals surface area contributed by atoms with Gasteiger partial charge in [0, 0.05) is 13.6 Å². The molecule has 106 valence electrons. The van der Waals surface area contributed by atoms with Gasteiger partial charge in [-0.15, -0.1) is 0 Å². The molecule has 0 aliphatic heterocycles. The van der Waals surface area contributed by atoms with Gasteiger partial charge >= 0.3 is 0 Å². The van der Waals surface area contributed by atoms with Crippen LogP contribution in [0.5, 0.6) is 0 Å². The molecule has 7 nitrogen and oxygen atoms in total. The molecule has 0 heterocycles. The van der Waals surface area contributed by atoms with E-state index in [9.17, 15) is 4.79 Å². The highest BCUT2D eigenvalue weighted by Crippen LogP contribution is 2.14. The maximum Gasteiger partial charge on any atom is 0.233 e. The normalized spacial score (nSPS) is 13.7. The molecule has 4 N–H and O–H groups in total. The lowest BCUT2D eigenvalue weighted by molar-refractivity contribution is -0.133. The maximum absolute atomic E-state index is 12.1. The fourth-order valence-corrected chi connectivity index (χ4v) is 1.53. The van der Waals surface area contributed by atoms with E-state index in [4.69, 9.17) is 20.8 Å². The van der Waals surface area contributed by atoms with Gasteiger partial charge in [0.05, 0.1) is 19.8 Å². The number of ether oxygens (including phenoxy) is 1. The maximum atomic E-state index is 12.1. The lowest BCUT2D eigenvalue weighted by atomic mass is 9.93. The second kappa shape index (κ2) is 8.71. The Balaban J connectivity index is 4.40. The van der Waals surface area contributed by atoms with E-state index < -0.39 is 5.92 Å². The van der Waals surface area contributed by atoms with Crippen LogP contribution in [-0.2, 0) is 9.53 Å². The van der Waals surface area contributed by atoms with Crippen molar-refractivity contribution in [3.05, 3.63) is 0 Å². The van der Waals surface area contributed by atoms with Crippen molar-refractivity contribution in [3.8, 4) is 0 Å². The van der Waals surface area contributed by atoms with Crippen LogP contribution in [0.4, 0.5) is 0 Å². The van der Waals surface area contributed by atoms with Crippen LogP contribution in [0, 0.1) is 11.8 Å². The van der Waals surface area contributed by atoms with Crippen molar-refractivity contribution in [2.75, 3.05) is 33.4 Å². The fourth-order valence-electron chi connectivity index (χ4n) is 1.53. The summed E-state index contributed by atoms with van der Waals surface area (Å²) in [4.78, 5) is 13.6. The van der Waals surface area contributed by atoms with Crippen molar-refractivity contribution in [2.24, 2.45) is 22.7 Å². The molecule has 0 aromatic rings. The lowest BCUT2D eigenvalue weighted by Crippen LogP contribution is -2.43. The Morgan fingerprint density at radius 1 is 1.44 bits per heavy atom. The van der Waals surface area contributed by atoms with E-state index in [-0.39, 0.29) is 30.9 Å². The van der Waals surface area contributed by atoms with E-state index in [1.54, 1.807) is 7.05 Å². The molecule has 18 heavy (non-hydrogen) atoms. The van der Waals surface area contributed by atoms with Crippen molar-refractivity contribution in [2.45, 2.75) is 13.8 Å². The molecule has 0 saturated carbocycles. The summed E-state index contributed by atoms with van der Waals surface area (Å²) < 4.78 is 5.08. The molecule has 0 aliphatic carbocycles. The number of amides is 1. The van der Waals surface area contributed by atoms with Crippen LogP contribution in [0.25, 0.3) is 0 Å². The highest BCUT2D eigenvalue weighted by atomic mass is 16.5. The number of aliphatic hydroxyl groups excluding tert-OH is 1. The van der Waals surface area contributed by atoms with Crippen molar-refractivity contribution >= 4 is 11.7 Å². The van der Waals surface area contributed by atoms with Crippen molar-refractivity contribution in [1.29, 1.82) is 0 Å². The molecular formula is C11H23N3O4. The second-order valence-corrected chi connectivity index (χ2v) is 4.34. The number of aliphatic hydroxyl groups is 1. The zero-order chi connectivity index (χ0) is 14.1. The predicted molar refractivity (Wildman–Crippen MR) is 67.3 cm³/mol. The molecule has 1 amide bonds. The first-order valence-corrected chi connectivity index (χ1v) is 5.86. The largest absolute Gasteiger partial charge is 0.409 e. The third kappa shape index (κ3) is 5.33. The number of hydrogen-bond acceptors (Lipinski definition) is 5. The zero-order valence-electron chi connectivity index (χ0n) is 11.2. The van der Waals surface area contributed by atoms with Crippen LogP contribution in [0.1, 0.15) is 13.8 Å². The van der Waals surface area contributed by atoms with Crippen molar-refractivity contribution in [3.63, 3.8) is 0 Å². The highest BCUT2D eigenvalue weighted by Gasteiger charge is 2.29. The molecule has 0 fully saturated rings. The summed E-state index contributed by atoms with van der Waals surface area (Å²) in [6.45, 7) is 4.59. The standard InChI is InChI=1S/C11H23N3O4/c1-8(2)9(10(12)13-17)11(16)14(3)4-6-18-7-5-15/h8-9,15,17H,4-7H2,1-3H3,(H2,12,13). The van der Waals surface area contributed by atoms with E-state index in [0.29, 0.717) is 13.2 Å². The van der Waals surface area contributed by atoms with Crippen LogP contribution in [0.2, 0.25) is 0 Å². The Bertz CT molecular complexity index is 281. The second-order valence-electron chi connectivity index (χ2n) is 4.34. The van der Waals surface area contributed by atoms with E-state index in [1.165, 1.54) is 4.90 Å². The SMILES string of the molecule is CC(C)C(C(=O)N(C)CCOCCO)C(N)=NO. The molecule has 0 aromatic carbocycles. The van der Waals surface area contributed by atoms with Gasteiger partial charge in [-0.25, -0.2) is 0 Å². The smallest absolute Gasteiger partial charge is 0.233 e. The van der Waals surface area contributed by atoms with E-state index in [2.05, 4.69) is 5.16 Å². The number of amidine groups is 1. The molecule has 0 radical (unpaired) electrons. The zero-order valence-corrected chi connectivity index (χ0v) is 11.2. The minimum atomic E-state index is -0.641. The highest BCUT2D eigenvalue weighted by molar-refractivity contribution is 6.02. The summed E-state index contributed by atoms with van der Waals surface area (Å²) in [5.74, 6) is -1.00. The van der Waals surface area contributed by atoms with Gasteiger partial charge in [0.15, 0.2) is 5.84 Å². The van der Waals surface area contributed by atoms with Gasteiger partial charge in [-0.05, 0) is 5.92 Å². The van der Waals surface area contributed by atoms with Crippen LogP contribution < -0.4 is 5.73 Å². The first-order chi connectivity index (χ1) is 8.45. The number of oxime groups is 1. The van der Waals surface area contributed by atoms with Crippen LogP contribution in [-0.4, -0.2) is 60.4 Å². The summed E-state index contributed by atoms with van der Waals surface area (Å²) in [5.41, 5.74) is 5.52. The van der Waals surface area contributed by atoms with Crippen molar-refractivity contribution < 1.29 is 19.8 Å². The summed E-state index contributed by atoms with van der Waals surface area (Å²) in [7, 11) is 1.63. The summed E-state index contributed by atoms with van der Waals surface area (Å²) >= 11 is 0. The third-order valence-corrected chi connectivity index (χ3v) is 2.55. The molecule has 0 saturated heterocycles. The topological polar surface area (TPSA) is 108 Å². The van der Waals surface area contributed by atoms with Crippen molar-refractivity contribution in [1.82, 2.24) is 4.90 Å². The quantitative estimate of drug-likeness (QED) is 0.179. The molecule has 0 aromatic heterocycles. The Kier molecular flexibility index (Phi) is 8.06. The van der Waals surface area contributed by atoms with Crippen LogP contribution in [0.15, 0.2) is 5.16 Å². The number of nitrogens with zero attached hydrogens (tertiary/aromatic N) is 2. The molecule has 0 spiro atoms. The molecule has 0 bridgehead atoms. The van der Waals surface area contributed by atoms with E-state index in [1.807, 2.05) is 13.8 Å². The monoisotopic (exact) mass is 261 g/mol. The Morgan fingerprint density at radius 3 is 2.50 bits per heavy atom. The Hall–Kier alpha value is -1.34. The van der Waals surface area contributed by atoms with Gasteiger partial charge in [0.2, 0.25) is 5.91 Å². The number of carbonyl (C=O) groups excluding carboxylic acids is 1. The molecule has 1 unspecified atom stereocenters. The molecule has 7 heteroatoms. The van der Waals surface area contributed by atoms with Crippen LogP contribution in [0.3, 0.4) is 0 Å². The van der Waals surface area contributed by atoms with Gasteiger partial charge in [-0.2, -0.15) is 0 Å². The molecular weight excluding hydrogens is 238 g/mol. The molecule has 0 aliphatic rings. The van der Waals surface area contributed by atoms with Gasteiger partial charge < -0.3 is 25.7 Å². The first-order valence-electron chi connectivity index (χ1n) is 5.86. The number of hydrogen-bond donors (Lipinski definition) is 3. The fraction of sp³-hybridized carbons (Fsp3) is 0.818. The first kappa shape index (κ1) is 16.7. The summed E-state index contributed by atoms with van der Waals surface area (Å²) in [5, 5.41) is 20.1. The van der Waals surface area contributed by atoms with Crippen LogP contribution >= 0.6 is 0 Å². The summed E-state index contributed by atoms with van der Waals surface area (Å²) in [6, 6.07) is 0. The number of rotatable bonds is 8. The van der Waals surface area contributed by atoms with Gasteiger partial charge in [0.1, 0.15) is 5.92 Å². The average molecular weight is 261 g/mol. The van der Waals surface area contributed by atoms with Gasteiger partial charge in [-0.1, -0.05) is 19.0 Å². The summed E-state index contributed by atoms with van der Waals surface area (Å²) in [6.07, 6.45) is 0. The number of carbonyl (C=O) groups is 1. The van der Waals surface area contributed by atoms with Gasteiger partial charge in [-0.3, -0.25) is 4.79 Å². The predicted octanol–water partition coefficient (Wildman–Crippen LogP) is -0.528. The lowest BCUT2D eigenvalue weighted by Gasteiger charge is -2.25. The van der Waals surface area contributed by atoms with E-state index >= 15 is 0 Å². The minimum Gasteiger partial charge on any atom is -0.409 e. The Morgan fingerprint density at radius 2 is 2.06 bits per heavy atom. The van der Waals surface area contributed by atoms with Gasteiger partial charge in [0.25, 0.3) is 0 Å². The third-order valence-electron chi connectivity index (χ3n) is 2.55. The molecule has 1 atom stereocenters.